The van der Waals surface area contributed by atoms with E-state index in [2.05, 4.69) is 23.8 Å². The van der Waals surface area contributed by atoms with Crippen LogP contribution in [0.3, 0.4) is 0 Å². The van der Waals surface area contributed by atoms with Crippen LogP contribution in [0.25, 0.3) is 11.1 Å². The monoisotopic (exact) mass is 466 g/mol. The van der Waals surface area contributed by atoms with Gasteiger partial charge in [0.05, 0.1) is 17.6 Å². The molecule has 2 aromatic rings. The van der Waals surface area contributed by atoms with Gasteiger partial charge in [-0.3, -0.25) is 4.79 Å². The Labute approximate surface area is 203 Å². The Bertz CT molecular complexity index is 926. The zero-order chi connectivity index (χ0) is 23.8. The van der Waals surface area contributed by atoms with Crippen molar-refractivity contribution < 1.29 is 19.0 Å². The van der Waals surface area contributed by atoms with E-state index in [1.807, 2.05) is 24.3 Å². The van der Waals surface area contributed by atoms with Crippen LogP contribution in [0.2, 0.25) is 0 Å². The Morgan fingerprint density at radius 3 is 2.62 bits per heavy atom. The molecule has 34 heavy (non-hydrogen) atoms. The van der Waals surface area contributed by atoms with Gasteiger partial charge in [-0.2, -0.15) is 0 Å². The van der Waals surface area contributed by atoms with Gasteiger partial charge >= 0.3 is 5.97 Å². The molecule has 0 N–H and O–H groups in total. The fourth-order valence-electron chi connectivity index (χ4n) is 4.98. The minimum Gasteiger partial charge on any atom is -0.490 e. The SMILES string of the molecule is CCCCCC1CCC(C(=O)Oc2ncncc2-c2ccccc2OC[C@@H]2O[C@H]2CCC)CC1. The number of epoxide rings is 1. The van der Waals surface area contributed by atoms with E-state index in [4.69, 9.17) is 14.2 Å². The molecule has 2 heterocycles. The van der Waals surface area contributed by atoms with Crippen molar-refractivity contribution in [2.75, 3.05) is 6.61 Å². The zero-order valence-corrected chi connectivity index (χ0v) is 20.6. The Kier molecular flexibility index (Phi) is 8.91. The number of aromatic nitrogens is 2. The van der Waals surface area contributed by atoms with Crippen LogP contribution in [-0.2, 0) is 9.53 Å². The van der Waals surface area contributed by atoms with Gasteiger partial charge in [-0.25, -0.2) is 9.97 Å². The lowest BCUT2D eigenvalue weighted by molar-refractivity contribution is -0.140. The number of para-hydroxylation sites is 1. The van der Waals surface area contributed by atoms with Gasteiger partial charge in [-0.1, -0.05) is 64.2 Å². The first-order valence-corrected chi connectivity index (χ1v) is 13.1. The van der Waals surface area contributed by atoms with Crippen molar-refractivity contribution in [1.29, 1.82) is 0 Å². The molecule has 1 aromatic carbocycles. The number of unbranched alkanes of at least 4 members (excludes halogenated alkanes) is 2. The maximum atomic E-state index is 13.0. The minimum absolute atomic E-state index is 0.0563. The van der Waals surface area contributed by atoms with Gasteiger partial charge in [0.2, 0.25) is 5.88 Å². The van der Waals surface area contributed by atoms with Crippen molar-refractivity contribution in [2.45, 2.75) is 90.3 Å². The normalized spacial score (nSPS) is 23.9. The highest BCUT2D eigenvalue weighted by molar-refractivity contribution is 5.80. The van der Waals surface area contributed by atoms with Crippen LogP contribution in [0.15, 0.2) is 36.8 Å². The fraction of sp³-hybridized carbons (Fsp3) is 0.607. The van der Waals surface area contributed by atoms with Gasteiger partial charge in [-0.05, 0) is 44.1 Å². The van der Waals surface area contributed by atoms with E-state index in [9.17, 15) is 4.79 Å². The van der Waals surface area contributed by atoms with E-state index in [0.717, 1.165) is 50.0 Å². The first-order valence-electron chi connectivity index (χ1n) is 13.1. The molecular formula is C28H38N2O4. The number of hydrogen-bond acceptors (Lipinski definition) is 6. The van der Waals surface area contributed by atoms with Crippen molar-refractivity contribution >= 4 is 5.97 Å². The van der Waals surface area contributed by atoms with Crippen LogP contribution in [0.5, 0.6) is 11.6 Å². The average Bonchev–Trinajstić information content (AvgIpc) is 3.62. The summed E-state index contributed by atoms with van der Waals surface area (Å²) in [6.07, 6.45) is 14.9. The van der Waals surface area contributed by atoms with Crippen molar-refractivity contribution in [3.8, 4) is 22.8 Å². The molecule has 4 rings (SSSR count). The highest BCUT2D eigenvalue weighted by Gasteiger charge is 2.38. The number of carbonyl (C=O) groups is 1. The van der Waals surface area contributed by atoms with Crippen LogP contribution < -0.4 is 9.47 Å². The number of benzene rings is 1. The second kappa shape index (κ2) is 12.3. The predicted octanol–water partition coefficient (Wildman–Crippen LogP) is 6.38. The van der Waals surface area contributed by atoms with Crippen LogP contribution in [0, 0.1) is 11.8 Å². The summed E-state index contributed by atoms with van der Waals surface area (Å²) in [7, 11) is 0. The number of hydrogen-bond donors (Lipinski definition) is 0. The van der Waals surface area contributed by atoms with Crippen molar-refractivity contribution in [2.24, 2.45) is 11.8 Å². The number of carbonyl (C=O) groups excluding carboxylic acids is 1. The molecule has 6 heteroatoms. The number of esters is 1. The zero-order valence-electron chi connectivity index (χ0n) is 20.6. The standard InChI is InChI=1S/C28H38N2O4/c1-3-5-6-10-20-13-15-21(16-14-20)28(31)34-27-23(17-29-19-30-27)22-11-7-8-12-24(22)32-18-26-25(33-26)9-4-2/h7-8,11-12,17,19-21,25-26H,3-6,9-10,13-16,18H2,1-2H3/t20?,21?,25-,26-/m0/s1. The Morgan fingerprint density at radius 2 is 1.82 bits per heavy atom. The summed E-state index contributed by atoms with van der Waals surface area (Å²) >= 11 is 0. The molecule has 2 fully saturated rings. The summed E-state index contributed by atoms with van der Waals surface area (Å²) in [6, 6.07) is 7.74. The highest BCUT2D eigenvalue weighted by Crippen LogP contribution is 2.37. The molecule has 0 spiro atoms. The molecule has 0 amide bonds. The van der Waals surface area contributed by atoms with E-state index in [1.165, 1.54) is 32.0 Å². The molecule has 2 aliphatic rings. The van der Waals surface area contributed by atoms with E-state index in [1.54, 1.807) is 6.20 Å². The smallest absolute Gasteiger partial charge is 0.315 e. The molecule has 184 valence electrons. The maximum Gasteiger partial charge on any atom is 0.315 e. The average molecular weight is 467 g/mol. The third-order valence-electron chi connectivity index (χ3n) is 7.11. The molecule has 1 saturated carbocycles. The molecule has 1 aromatic heterocycles. The van der Waals surface area contributed by atoms with Crippen molar-refractivity contribution in [1.82, 2.24) is 9.97 Å². The fourth-order valence-corrected chi connectivity index (χ4v) is 4.98. The lowest BCUT2D eigenvalue weighted by Crippen LogP contribution is -2.26. The predicted molar refractivity (Wildman–Crippen MR) is 132 cm³/mol. The van der Waals surface area contributed by atoms with Crippen LogP contribution >= 0.6 is 0 Å². The Hall–Kier alpha value is -2.47. The Morgan fingerprint density at radius 1 is 1.00 bits per heavy atom. The van der Waals surface area contributed by atoms with Gasteiger partial charge in [0, 0.05) is 11.8 Å². The van der Waals surface area contributed by atoms with Gasteiger partial charge in [0.1, 0.15) is 24.8 Å². The number of ether oxygens (including phenoxy) is 3. The van der Waals surface area contributed by atoms with E-state index < -0.39 is 0 Å². The molecule has 1 aliphatic heterocycles. The molecule has 1 aliphatic carbocycles. The number of nitrogens with zero attached hydrogens (tertiary/aromatic N) is 2. The Balaban J connectivity index is 1.38. The summed E-state index contributed by atoms with van der Waals surface area (Å²) in [5.41, 5.74) is 1.49. The van der Waals surface area contributed by atoms with Crippen molar-refractivity contribution in [3.05, 3.63) is 36.8 Å². The summed E-state index contributed by atoms with van der Waals surface area (Å²) in [4.78, 5) is 21.5. The molecule has 2 atom stereocenters. The lowest BCUT2D eigenvalue weighted by Gasteiger charge is -2.27. The lowest BCUT2D eigenvalue weighted by atomic mass is 9.80. The largest absolute Gasteiger partial charge is 0.490 e. The molecule has 0 unspecified atom stereocenters. The van der Waals surface area contributed by atoms with E-state index in [-0.39, 0.29) is 18.0 Å². The third-order valence-corrected chi connectivity index (χ3v) is 7.11. The third kappa shape index (κ3) is 6.56. The molecular weight excluding hydrogens is 428 g/mol. The van der Waals surface area contributed by atoms with E-state index >= 15 is 0 Å². The molecule has 0 bridgehead atoms. The molecule has 1 saturated heterocycles. The summed E-state index contributed by atoms with van der Waals surface area (Å²) < 4.78 is 17.6. The van der Waals surface area contributed by atoms with Gasteiger partial charge in [0.15, 0.2) is 0 Å². The molecule has 0 radical (unpaired) electrons. The minimum atomic E-state index is -0.181. The van der Waals surface area contributed by atoms with Crippen molar-refractivity contribution in [3.63, 3.8) is 0 Å². The second-order valence-corrected chi connectivity index (χ2v) is 9.68. The van der Waals surface area contributed by atoms with Crippen LogP contribution in [0.4, 0.5) is 0 Å². The van der Waals surface area contributed by atoms with E-state index in [0.29, 0.717) is 29.9 Å². The summed E-state index contributed by atoms with van der Waals surface area (Å²) in [6.45, 7) is 4.90. The second-order valence-electron chi connectivity index (χ2n) is 9.68. The first kappa shape index (κ1) is 24.6. The van der Waals surface area contributed by atoms with Crippen LogP contribution in [0.1, 0.15) is 78.1 Å². The van der Waals surface area contributed by atoms with Crippen LogP contribution in [-0.4, -0.2) is 34.8 Å². The topological polar surface area (TPSA) is 73.8 Å². The molecule has 6 nitrogen and oxygen atoms in total. The van der Waals surface area contributed by atoms with Gasteiger partial charge in [-0.15, -0.1) is 0 Å². The van der Waals surface area contributed by atoms with Gasteiger partial charge < -0.3 is 14.2 Å². The summed E-state index contributed by atoms with van der Waals surface area (Å²) in [5.74, 6) is 1.53. The quantitative estimate of drug-likeness (QED) is 0.205. The summed E-state index contributed by atoms with van der Waals surface area (Å²) in [5, 5.41) is 0. The van der Waals surface area contributed by atoms with Gasteiger partial charge in [0.25, 0.3) is 0 Å². The number of rotatable bonds is 12. The highest BCUT2D eigenvalue weighted by atomic mass is 16.6. The maximum absolute atomic E-state index is 13.0. The first-order chi connectivity index (χ1) is 16.7.